The first-order valence-electron chi connectivity index (χ1n) is 9.52. The normalized spacial score (nSPS) is 19.2. The molecule has 7 heteroatoms. The van der Waals surface area contributed by atoms with Gasteiger partial charge in [-0.15, -0.1) is 0 Å². The van der Waals surface area contributed by atoms with Crippen LogP contribution in [0.5, 0.6) is 0 Å². The monoisotopic (exact) mass is 382 g/mol. The van der Waals surface area contributed by atoms with Gasteiger partial charge in [-0.2, -0.15) is 0 Å². The van der Waals surface area contributed by atoms with E-state index in [0.29, 0.717) is 23.4 Å². The Labute approximate surface area is 165 Å². The summed E-state index contributed by atoms with van der Waals surface area (Å²) in [6, 6.07) is 10.6. The van der Waals surface area contributed by atoms with E-state index in [0.717, 1.165) is 18.9 Å². The van der Waals surface area contributed by atoms with Crippen molar-refractivity contribution < 1.29 is 14.3 Å². The summed E-state index contributed by atoms with van der Waals surface area (Å²) < 4.78 is 5.75. The Morgan fingerprint density at radius 3 is 2.50 bits per heavy atom. The number of morpholine rings is 1. The number of pyridine rings is 1. The van der Waals surface area contributed by atoms with Gasteiger partial charge in [0.2, 0.25) is 5.91 Å². The SMILES string of the molecule is CCC(=O)Nc1cccc(C(=O)Nc2ccc(N3CC(C)OC(C)C3)nc2)c1. The molecule has 1 aliphatic heterocycles. The van der Waals surface area contributed by atoms with Crippen LogP contribution in [0.4, 0.5) is 17.2 Å². The molecule has 1 aliphatic rings. The summed E-state index contributed by atoms with van der Waals surface area (Å²) in [6.07, 6.45) is 2.35. The number of anilines is 3. The number of benzene rings is 1. The number of nitrogens with one attached hydrogen (secondary N) is 2. The number of aromatic nitrogens is 1. The number of hydrogen-bond donors (Lipinski definition) is 2. The average Bonchev–Trinajstić information content (AvgIpc) is 2.68. The van der Waals surface area contributed by atoms with Crippen LogP contribution in [0.3, 0.4) is 0 Å². The summed E-state index contributed by atoms with van der Waals surface area (Å²) >= 11 is 0. The van der Waals surface area contributed by atoms with E-state index in [1.807, 2.05) is 26.0 Å². The fourth-order valence-electron chi connectivity index (χ4n) is 3.20. The van der Waals surface area contributed by atoms with Gasteiger partial charge in [0, 0.05) is 30.8 Å². The fraction of sp³-hybridized carbons (Fsp3) is 0.381. The lowest BCUT2D eigenvalue weighted by Crippen LogP contribution is -2.45. The molecule has 2 amide bonds. The second-order valence-corrected chi connectivity index (χ2v) is 7.00. The number of rotatable bonds is 5. The molecule has 2 aromatic rings. The summed E-state index contributed by atoms with van der Waals surface area (Å²) in [6.45, 7) is 7.46. The molecule has 1 aromatic heterocycles. The second kappa shape index (κ2) is 8.84. The molecule has 2 unspecified atom stereocenters. The Morgan fingerprint density at radius 1 is 1.11 bits per heavy atom. The number of ether oxygens (including phenoxy) is 1. The van der Waals surface area contributed by atoms with E-state index in [-0.39, 0.29) is 24.0 Å². The average molecular weight is 382 g/mol. The molecule has 3 rings (SSSR count). The standard InChI is InChI=1S/C21H26N4O3/c1-4-20(26)23-17-7-5-6-16(10-17)21(27)24-18-8-9-19(22-11-18)25-12-14(2)28-15(3)13-25/h5-11,14-15H,4,12-13H2,1-3H3,(H,23,26)(H,24,27). The largest absolute Gasteiger partial charge is 0.372 e. The molecule has 0 bridgehead atoms. The Bertz CT molecular complexity index is 828. The highest BCUT2D eigenvalue weighted by molar-refractivity contribution is 6.05. The zero-order chi connectivity index (χ0) is 20.1. The van der Waals surface area contributed by atoms with Gasteiger partial charge in [-0.05, 0) is 44.2 Å². The lowest BCUT2D eigenvalue weighted by atomic mass is 10.2. The van der Waals surface area contributed by atoms with Crippen LogP contribution in [0, 0.1) is 0 Å². The number of nitrogens with zero attached hydrogens (tertiary/aromatic N) is 2. The highest BCUT2D eigenvalue weighted by Gasteiger charge is 2.23. The fourth-order valence-corrected chi connectivity index (χ4v) is 3.20. The molecule has 0 saturated carbocycles. The molecule has 148 valence electrons. The quantitative estimate of drug-likeness (QED) is 0.829. The van der Waals surface area contributed by atoms with Crippen LogP contribution in [0.1, 0.15) is 37.6 Å². The summed E-state index contributed by atoms with van der Waals surface area (Å²) in [5, 5.41) is 5.60. The minimum atomic E-state index is -0.254. The third-order valence-electron chi connectivity index (χ3n) is 4.48. The molecule has 0 radical (unpaired) electrons. The van der Waals surface area contributed by atoms with E-state index in [4.69, 9.17) is 4.74 Å². The van der Waals surface area contributed by atoms with Gasteiger partial charge in [0.1, 0.15) is 5.82 Å². The predicted octanol–water partition coefficient (Wildman–Crippen LogP) is 3.30. The molecule has 1 saturated heterocycles. The Balaban J connectivity index is 1.65. The van der Waals surface area contributed by atoms with E-state index < -0.39 is 0 Å². The third kappa shape index (κ3) is 5.07. The Kier molecular flexibility index (Phi) is 6.26. The van der Waals surface area contributed by atoms with Crippen LogP contribution in [-0.4, -0.2) is 42.1 Å². The van der Waals surface area contributed by atoms with Crippen LogP contribution in [-0.2, 0) is 9.53 Å². The third-order valence-corrected chi connectivity index (χ3v) is 4.48. The molecule has 1 fully saturated rings. The molecule has 0 aliphatic carbocycles. The van der Waals surface area contributed by atoms with Gasteiger partial charge >= 0.3 is 0 Å². The minimum absolute atomic E-state index is 0.0934. The summed E-state index contributed by atoms with van der Waals surface area (Å²) in [7, 11) is 0. The maximum absolute atomic E-state index is 12.5. The number of carbonyl (C=O) groups is 2. The van der Waals surface area contributed by atoms with E-state index in [1.165, 1.54) is 0 Å². The molecule has 7 nitrogen and oxygen atoms in total. The van der Waals surface area contributed by atoms with Gasteiger partial charge in [0.25, 0.3) is 5.91 Å². The molecule has 0 spiro atoms. The Hall–Kier alpha value is -2.93. The van der Waals surface area contributed by atoms with Crippen molar-refractivity contribution in [1.82, 2.24) is 4.98 Å². The zero-order valence-corrected chi connectivity index (χ0v) is 16.4. The van der Waals surface area contributed by atoms with Crippen LogP contribution in [0.15, 0.2) is 42.6 Å². The summed E-state index contributed by atoms with van der Waals surface area (Å²) in [5.41, 5.74) is 1.68. The van der Waals surface area contributed by atoms with E-state index >= 15 is 0 Å². The van der Waals surface area contributed by atoms with Crippen molar-refractivity contribution in [2.75, 3.05) is 28.6 Å². The first kappa shape index (κ1) is 19.8. The second-order valence-electron chi connectivity index (χ2n) is 7.00. The molecular weight excluding hydrogens is 356 g/mol. The number of hydrogen-bond acceptors (Lipinski definition) is 5. The van der Waals surface area contributed by atoms with Gasteiger partial charge in [-0.25, -0.2) is 4.98 Å². The summed E-state index contributed by atoms with van der Waals surface area (Å²) in [5.74, 6) is 0.518. The molecule has 28 heavy (non-hydrogen) atoms. The molecule has 2 heterocycles. The van der Waals surface area contributed by atoms with E-state index in [1.54, 1.807) is 37.4 Å². The number of amides is 2. The van der Waals surface area contributed by atoms with Crippen LogP contribution >= 0.6 is 0 Å². The van der Waals surface area contributed by atoms with Crippen molar-refractivity contribution in [3.63, 3.8) is 0 Å². The molecule has 2 N–H and O–H groups in total. The van der Waals surface area contributed by atoms with Gasteiger partial charge in [0.05, 0.1) is 24.1 Å². The highest BCUT2D eigenvalue weighted by Crippen LogP contribution is 2.20. The first-order chi connectivity index (χ1) is 13.4. The van der Waals surface area contributed by atoms with E-state index in [9.17, 15) is 9.59 Å². The molecular formula is C21H26N4O3. The predicted molar refractivity (Wildman–Crippen MR) is 110 cm³/mol. The maximum atomic E-state index is 12.5. The van der Waals surface area contributed by atoms with Crippen molar-refractivity contribution in [2.24, 2.45) is 0 Å². The van der Waals surface area contributed by atoms with Crippen molar-refractivity contribution in [1.29, 1.82) is 0 Å². The van der Waals surface area contributed by atoms with Crippen molar-refractivity contribution in [3.05, 3.63) is 48.2 Å². The van der Waals surface area contributed by atoms with Crippen LogP contribution in [0.2, 0.25) is 0 Å². The van der Waals surface area contributed by atoms with Crippen LogP contribution in [0.25, 0.3) is 0 Å². The van der Waals surface area contributed by atoms with Crippen molar-refractivity contribution >= 4 is 29.0 Å². The highest BCUT2D eigenvalue weighted by atomic mass is 16.5. The van der Waals surface area contributed by atoms with Gasteiger partial charge in [-0.1, -0.05) is 13.0 Å². The smallest absolute Gasteiger partial charge is 0.255 e. The topological polar surface area (TPSA) is 83.6 Å². The molecule has 2 atom stereocenters. The van der Waals surface area contributed by atoms with Gasteiger partial charge in [-0.3, -0.25) is 9.59 Å². The zero-order valence-electron chi connectivity index (χ0n) is 16.4. The van der Waals surface area contributed by atoms with E-state index in [2.05, 4.69) is 20.5 Å². The van der Waals surface area contributed by atoms with Gasteiger partial charge < -0.3 is 20.3 Å². The number of carbonyl (C=O) groups excluding carboxylic acids is 2. The first-order valence-corrected chi connectivity index (χ1v) is 9.52. The minimum Gasteiger partial charge on any atom is -0.372 e. The van der Waals surface area contributed by atoms with Crippen molar-refractivity contribution in [3.8, 4) is 0 Å². The summed E-state index contributed by atoms with van der Waals surface area (Å²) in [4.78, 5) is 30.7. The van der Waals surface area contributed by atoms with Crippen molar-refractivity contribution in [2.45, 2.75) is 39.4 Å². The Morgan fingerprint density at radius 2 is 1.86 bits per heavy atom. The van der Waals surface area contributed by atoms with Crippen LogP contribution < -0.4 is 15.5 Å². The molecule has 1 aromatic carbocycles. The lowest BCUT2D eigenvalue weighted by molar-refractivity contribution is -0.115. The lowest BCUT2D eigenvalue weighted by Gasteiger charge is -2.36. The maximum Gasteiger partial charge on any atom is 0.255 e. The van der Waals surface area contributed by atoms with Gasteiger partial charge in [0.15, 0.2) is 0 Å².